The number of benzene rings is 1. The van der Waals surface area contributed by atoms with Crippen LogP contribution < -0.4 is 20.9 Å². The number of hydrogen-bond donors (Lipinski definition) is 3. The van der Waals surface area contributed by atoms with E-state index >= 15 is 0 Å². The van der Waals surface area contributed by atoms with Gasteiger partial charge in [0, 0.05) is 56.6 Å². The first-order valence-electron chi connectivity index (χ1n) is 14.6. The summed E-state index contributed by atoms with van der Waals surface area (Å²) in [5.41, 5.74) is 1.61. The summed E-state index contributed by atoms with van der Waals surface area (Å²) in [6.07, 6.45) is 3.82. The van der Waals surface area contributed by atoms with E-state index in [1.807, 2.05) is 4.90 Å². The number of likely N-dealkylation sites (tertiary alicyclic amines) is 1. The largest absolute Gasteiger partial charge is 0.378 e. The Labute approximate surface area is 280 Å². The quantitative estimate of drug-likeness (QED) is 0.250. The number of ether oxygens (including phenoxy) is 1. The number of pyridine rings is 1. The molecule has 0 atom stereocenters. The lowest BCUT2D eigenvalue weighted by atomic mass is 10.1. The number of hydrogen-bond acceptors (Lipinski definition) is 8. The molecule has 3 aromatic rings. The molecule has 240 valence electrons. The first kappa shape index (κ1) is 33.2. The van der Waals surface area contributed by atoms with Gasteiger partial charge in [0.15, 0.2) is 0 Å². The lowest BCUT2D eigenvalue weighted by Crippen LogP contribution is -2.41. The van der Waals surface area contributed by atoms with Gasteiger partial charge >= 0.3 is 6.03 Å². The van der Waals surface area contributed by atoms with E-state index in [1.54, 1.807) is 35.5 Å². The van der Waals surface area contributed by atoms with E-state index in [-0.39, 0.29) is 39.5 Å². The molecule has 1 aromatic carbocycles. The maximum absolute atomic E-state index is 13.7. The molecule has 0 aliphatic carbocycles. The number of nitrogens with one attached hydrogen (secondary N) is 3. The molecule has 2 aromatic heterocycles. The molecule has 4 heterocycles. The van der Waals surface area contributed by atoms with Crippen molar-refractivity contribution in [1.29, 1.82) is 0 Å². The lowest BCUT2D eigenvalue weighted by molar-refractivity contribution is 0.102. The van der Waals surface area contributed by atoms with Gasteiger partial charge in [0.25, 0.3) is 11.8 Å². The van der Waals surface area contributed by atoms with Gasteiger partial charge in [0.2, 0.25) is 0 Å². The van der Waals surface area contributed by atoms with E-state index in [0.29, 0.717) is 54.1 Å². The summed E-state index contributed by atoms with van der Waals surface area (Å²) in [7, 11) is 1.76. The SMILES string of the molecule is CN(CCN1CCCC1)C(=O)NCc1csc(C(=O)Nc2c(C(=O)Nc3ccc(Cl)cn3)cc(Cl)cc2N2CCOCC2)c1Cl. The van der Waals surface area contributed by atoms with E-state index in [2.05, 4.69) is 25.8 Å². The topological polar surface area (TPSA) is 119 Å². The molecule has 15 heteroatoms. The molecule has 2 aliphatic heterocycles. The second-order valence-corrected chi connectivity index (χ2v) is 12.9. The average Bonchev–Trinajstić information content (AvgIpc) is 3.70. The Morgan fingerprint density at radius 1 is 1.00 bits per heavy atom. The van der Waals surface area contributed by atoms with Crippen molar-refractivity contribution in [1.82, 2.24) is 20.1 Å². The van der Waals surface area contributed by atoms with E-state index in [4.69, 9.17) is 39.5 Å². The minimum atomic E-state index is -0.522. The van der Waals surface area contributed by atoms with E-state index < -0.39 is 11.8 Å². The molecule has 3 N–H and O–H groups in total. The third-order valence-corrected chi connectivity index (χ3v) is 9.63. The minimum absolute atomic E-state index is 0.145. The van der Waals surface area contributed by atoms with Crippen LogP contribution in [0, 0.1) is 0 Å². The van der Waals surface area contributed by atoms with Crippen molar-refractivity contribution in [2.45, 2.75) is 19.4 Å². The van der Waals surface area contributed by atoms with Crippen molar-refractivity contribution in [2.75, 3.05) is 75.1 Å². The Kier molecular flexibility index (Phi) is 11.4. The smallest absolute Gasteiger partial charge is 0.317 e. The van der Waals surface area contributed by atoms with Gasteiger partial charge in [-0.1, -0.05) is 34.8 Å². The zero-order valence-corrected chi connectivity index (χ0v) is 27.8. The Morgan fingerprint density at radius 3 is 2.47 bits per heavy atom. The van der Waals surface area contributed by atoms with Crippen LogP contribution in [0.4, 0.5) is 22.0 Å². The molecule has 11 nitrogen and oxygen atoms in total. The molecule has 0 radical (unpaired) electrons. The number of amides is 4. The van der Waals surface area contributed by atoms with Gasteiger partial charge in [-0.25, -0.2) is 9.78 Å². The van der Waals surface area contributed by atoms with Crippen molar-refractivity contribution in [2.24, 2.45) is 0 Å². The number of likely N-dealkylation sites (N-methyl/N-ethyl adjacent to an activating group) is 1. The average molecular weight is 695 g/mol. The first-order valence-corrected chi connectivity index (χ1v) is 16.6. The molecule has 5 rings (SSSR count). The van der Waals surface area contributed by atoms with Crippen molar-refractivity contribution in [3.63, 3.8) is 0 Å². The Balaban J connectivity index is 1.32. The third-order valence-electron chi connectivity index (χ3n) is 7.62. The number of halogens is 3. The normalized spacial score (nSPS) is 15.2. The lowest BCUT2D eigenvalue weighted by Gasteiger charge is -2.31. The number of aromatic nitrogens is 1. The second kappa shape index (κ2) is 15.4. The van der Waals surface area contributed by atoms with Gasteiger partial charge in [0.1, 0.15) is 10.7 Å². The van der Waals surface area contributed by atoms with Gasteiger partial charge in [0.05, 0.1) is 40.2 Å². The second-order valence-electron chi connectivity index (χ2n) is 10.7. The van der Waals surface area contributed by atoms with Crippen LogP contribution >= 0.6 is 46.1 Å². The van der Waals surface area contributed by atoms with Crippen LogP contribution in [0.1, 0.15) is 38.4 Å². The van der Waals surface area contributed by atoms with Gasteiger partial charge in [-0.05, 0) is 55.6 Å². The minimum Gasteiger partial charge on any atom is -0.378 e. The maximum Gasteiger partial charge on any atom is 0.317 e. The van der Waals surface area contributed by atoms with Gasteiger partial charge in [-0.15, -0.1) is 11.3 Å². The number of morpholine rings is 1. The molecule has 0 spiro atoms. The summed E-state index contributed by atoms with van der Waals surface area (Å²) >= 11 is 20.2. The standard InChI is InChI=1S/C30H34Cl3N7O4S/c1-38(8-9-39-6-2-3-7-39)30(43)35-16-19-18-45-27(25(19)33)29(42)37-26-22(28(41)36-24-5-4-20(31)17-34-24)14-21(32)15-23(26)40-10-12-44-13-11-40/h4-5,14-15,17-18H,2-3,6-13,16H2,1H3,(H,35,43)(H,37,42)(H,34,36,41). The van der Waals surface area contributed by atoms with Crippen LogP contribution in [0.15, 0.2) is 35.8 Å². The van der Waals surface area contributed by atoms with Crippen LogP contribution in [-0.4, -0.2) is 92.2 Å². The summed E-state index contributed by atoms with van der Waals surface area (Å²) in [6, 6.07) is 6.16. The molecule has 4 amide bonds. The molecule has 2 saturated heterocycles. The summed E-state index contributed by atoms with van der Waals surface area (Å²) in [5, 5.41) is 11.3. The number of urea groups is 1. The van der Waals surface area contributed by atoms with Gasteiger partial charge < -0.3 is 35.4 Å². The molecular weight excluding hydrogens is 661 g/mol. The van der Waals surface area contributed by atoms with Crippen LogP contribution in [-0.2, 0) is 11.3 Å². The molecule has 0 unspecified atom stereocenters. The number of anilines is 3. The fourth-order valence-corrected chi connectivity index (χ4v) is 6.70. The number of carbonyl (C=O) groups is 3. The maximum atomic E-state index is 13.7. The highest BCUT2D eigenvalue weighted by molar-refractivity contribution is 7.13. The molecule has 2 fully saturated rings. The zero-order chi connectivity index (χ0) is 31.9. The number of nitrogens with zero attached hydrogens (tertiary/aromatic N) is 4. The molecule has 0 saturated carbocycles. The third kappa shape index (κ3) is 8.57. The number of carbonyl (C=O) groups excluding carboxylic acids is 3. The molecule has 45 heavy (non-hydrogen) atoms. The van der Waals surface area contributed by atoms with Crippen molar-refractivity contribution < 1.29 is 19.1 Å². The zero-order valence-electron chi connectivity index (χ0n) is 24.7. The number of thiophene rings is 1. The summed E-state index contributed by atoms with van der Waals surface area (Å²) < 4.78 is 5.51. The highest BCUT2D eigenvalue weighted by atomic mass is 35.5. The van der Waals surface area contributed by atoms with Crippen LogP contribution in [0.5, 0.6) is 0 Å². The van der Waals surface area contributed by atoms with E-state index in [0.717, 1.165) is 31.0 Å². The fraction of sp³-hybridized carbons (Fsp3) is 0.400. The summed E-state index contributed by atoms with van der Waals surface area (Å²) in [4.78, 5) is 50.2. The monoisotopic (exact) mass is 693 g/mol. The van der Waals surface area contributed by atoms with Gasteiger partial charge in [-0.2, -0.15) is 0 Å². The number of rotatable bonds is 10. The Hall–Kier alpha value is -3.13. The highest BCUT2D eigenvalue weighted by Gasteiger charge is 2.26. The van der Waals surface area contributed by atoms with Crippen LogP contribution in [0.25, 0.3) is 0 Å². The molecular formula is C30H34Cl3N7O4S. The first-order chi connectivity index (χ1) is 21.7. The summed E-state index contributed by atoms with van der Waals surface area (Å²) in [5.74, 6) is -0.739. The summed E-state index contributed by atoms with van der Waals surface area (Å²) in [6.45, 7) is 5.80. The van der Waals surface area contributed by atoms with Gasteiger partial charge in [-0.3, -0.25) is 9.59 Å². The van der Waals surface area contributed by atoms with Crippen molar-refractivity contribution in [3.05, 3.63) is 66.9 Å². The predicted molar refractivity (Wildman–Crippen MR) is 180 cm³/mol. The molecule has 2 aliphatic rings. The fourth-order valence-electron chi connectivity index (χ4n) is 5.12. The van der Waals surface area contributed by atoms with Crippen molar-refractivity contribution >= 4 is 81.2 Å². The highest BCUT2D eigenvalue weighted by Crippen LogP contribution is 2.36. The Bertz CT molecular complexity index is 1530. The Morgan fingerprint density at radius 2 is 1.76 bits per heavy atom. The molecule has 0 bridgehead atoms. The van der Waals surface area contributed by atoms with Crippen LogP contribution in [0.3, 0.4) is 0 Å². The van der Waals surface area contributed by atoms with E-state index in [9.17, 15) is 14.4 Å². The van der Waals surface area contributed by atoms with Crippen molar-refractivity contribution in [3.8, 4) is 0 Å². The van der Waals surface area contributed by atoms with E-state index in [1.165, 1.54) is 25.1 Å². The predicted octanol–water partition coefficient (Wildman–Crippen LogP) is 5.68. The van der Waals surface area contributed by atoms with Crippen LogP contribution in [0.2, 0.25) is 15.1 Å².